The molecule has 5 rings (SSSR count). The second-order valence-corrected chi connectivity index (χ2v) is 10.2. The highest BCUT2D eigenvalue weighted by Gasteiger charge is 2.58. The first-order chi connectivity index (χ1) is 17.1. The van der Waals surface area contributed by atoms with Crippen LogP contribution in [0.4, 0.5) is 18.9 Å². The van der Waals surface area contributed by atoms with Crippen LogP contribution in [0.5, 0.6) is 5.75 Å². The summed E-state index contributed by atoms with van der Waals surface area (Å²) in [6.07, 6.45) is 2.58. The highest BCUT2D eigenvalue weighted by molar-refractivity contribution is 5.90. The van der Waals surface area contributed by atoms with Crippen molar-refractivity contribution in [1.29, 1.82) is 0 Å². The number of rotatable bonds is 6. The van der Waals surface area contributed by atoms with Gasteiger partial charge < -0.3 is 20.1 Å². The van der Waals surface area contributed by atoms with Crippen LogP contribution >= 0.6 is 0 Å². The van der Waals surface area contributed by atoms with Crippen molar-refractivity contribution in [2.45, 2.75) is 51.1 Å². The number of likely N-dealkylation sites (tertiary alicyclic amines) is 1. The first-order valence-corrected chi connectivity index (χ1v) is 12.1. The van der Waals surface area contributed by atoms with Gasteiger partial charge in [-0.2, -0.15) is 0 Å². The Morgan fingerprint density at radius 2 is 2.06 bits per heavy atom. The lowest BCUT2D eigenvalue weighted by Crippen LogP contribution is -2.53. The molecule has 1 saturated heterocycles. The number of anilines is 1. The van der Waals surface area contributed by atoms with E-state index in [0.717, 1.165) is 27.8 Å². The lowest BCUT2D eigenvalue weighted by Gasteiger charge is -2.55. The van der Waals surface area contributed by atoms with E-state index in [0.29, 0.717) is 31.5 Å². The van der Waals surface area contributed by atoms with E-state index >= 15 is 4.39 Å². The predicted octanol–water partition coefficient (Wildman–Crippen LogP) is 6.12. The molecule has 2 fully saturated rings. The molecule has 6 nitrogen and oxygen atoms in total. The van der Waals surface area contributed by atoms with Crippen LogP contribution in [0.3, 0.4) is 0 Å². The molecule has 1 spiro atoms. The normalized spacial score (nSPS) is 20.9. The Balaban J connectivity index is 1.59. The summed E-state index contributed by atoms with van der Waals surface area (Å²) in [7, 11) is 3.16. The van der Waals surface area contributed by atoms with Crippen molar-refractivity contribution in [2.24, 2.45) is 5.41 Å². The molecule has 3 aromatic rings. The van der Waals surface area contributed by atoms with E-state index in [4.69, 9.17) is 4.74 Å². The Kier molecular flexibility index (Phi) is 5.94. The molecule has 1 aliphatic carbocycles. The Bertz CT molecular complexity index is 1330. The molecule has 0 bridgehead atoms. The number of hydrogen-bond acceptors (Lipinski definition) is 4. The van der Waals surface area contributed by atoms with Gasteiger partial charge in [-0.25, -0.2) is 18.0 Å². The second kappa shape index (κ2) is 8.73. The first-order valence-electron chi connectivity index (χ1n) is 12.1. The van der Waals surface area contributed by atoms with Crippen molar-refractivity contribution >= 4 is 22.6 Å². The molecule has 1 aromatic heterocycles. The van der Waals surface area contributed by atoms with Gasteiger partial charge in [0.25, 0.3) is 0 Å². The van der Waals surface area contributed by atoms with Gasteiger partial charge in [0.2, 0.25) is 5.92 Å². The van der Waals surface area contributed by atoms with E-state index in [2.05, 4.69) is 15.2 Å². The third-order valence-electron chi connectivity index (χ3n) is 7.97. The number of H-pyrrole nitrogens is 1. The number of nitrogens with one attached hydrogen (secondary N) is 2. The molecule has 2 aromatic carbocycles. The number of benzene rings is 2. The van der Waals surface area contributed by atoms with Gasteiger partial charge in [-0.3, -0.25) is 4.90 Å². The van der Waals surface area contributed by atoms with Crippen molar-refractivity contribution in [3.63, 3.8) is 0 Å². The van der Waals surface area contributed by atoms with E-state index in [1.807, 2.05) is 25.3 Å². The van der Waals surface area contributed by atoms with Gasteiger partial charge in [0.15, 0.2) is 5.82 Å². The lowest BCUT2D eigenvalue weighted by atomic mass is 9.58. The fourth-order valence-electron chi connectivity index (χ4n) is 6.31. The number of aromatic carboxylic acids is 1. The highest BCUT2D eigenvalue weighted by Crippen LogP contribution is 2.61. The van der Waals surface area contributed by atoms with E-state index in [1.54, 1.807) is 20.2 Å². The molecule has 192 valence electrons. The number of ether oxygens (including phenoxy) is 1. The van der Waals surface area contributed by atoms with Gasteiger partial charge in [0.05, 0.1) is 18.4 Å². The third kappa shape index (κ3) is 3.99. The van der Waals surface area contributed by atoms with Crippen LogP contribution in [0.25, 0.3) is 10.9 Å². The number of carbonyl (C=O) groups is 1. The minimum Gasteiger partial charge on any atom is -0.496 e. The molecule has 9 heteroatoms. The smallest absolute Gasteiger partial charge is 0.338 e. The van der Waals surface area contributed by atoms with Gasteiger partial charge in [-0.15, -0.1) is 0 Å². The minimum absolute atomic E-state index is 0.0932. The summed E-state index contributed by atoms with van der Waals surface area (Å²) < 4.78 is 48.9. The number of aromatic nitrogens is 1. The standard InChI is InChI=1S/C27H30F3N3O3/c1-15-10-21(36-3)19(16-6-8-32-23(15)16)12-33-9-7-26(13-27(29,30)14-26)11-20(33)17-4-5-18(25(34)35)22(28)24(17)31-2/h4-6,8,10,20,31-32H,7,9,11-14H2,1-3H3,(H,34,35)/t20-/m1/s1. The molecule has 1 saturated carbocycles. The van der Waals surface area contributed by atoms with Crippen molar-refractivity contribution in [2.75, 3.05) is 26.0 Å². The Morgan fingerprint density at radius 1 is 1.31 bits per heavy atom. The van der Waals surface area contributed by atoms with E-state index in [1.165, 1.54) is 6.07 Å². The fourth-order valence-corrected chi connectivity index (χ4v) is 6.31. The highest BCUT2D eigenvalue weighted by atomic mass is 19.3. The van der Waals surface area contributed by atoms with Crippen LogP contribution in [-0.2, 0) is 6.54 Å². The molecule has 1 atom stereocenters. The van der Waals surface area contributed by atoms with Gasteiger partial charge in [-0.1, -0.05) is 6.07 Å². The zero-order valence-corrected chi connectivity index (χ0v) is 20.6. The van der Waals surface area contributed by atoms with Crippen molar-refractivity contribution in [1.82, 2.24) is 9.88 Å². The number of fused-ring (bicyclic) bond motifs is 1. The summed E-state index contributed by atoms with van der Waals surface area (Å²) in [5.41, 5.74) is 2.74. The molecule has 1 aliphatic heterocycles. The molecular weight excluding hydrogens is 471 g/mol. The number of hydrogen-bond donors (Lipinski definition) is 3. The van der Waals surface area contributed by atoms with Crippen molar-refractivity contribution < 1.29 is 27.8 Å². The maximum atomic E-state index is 15.2. The number of aromatic amines is 1. The number of carboxylic acid groups (broad SMARTS) is 1. The van der Waals surface area contributed by atoms with E-state index in [-0.39, 0.29) is 24.6 Å². The fraction of sp³-hybridized carbons (Fsp3) is 0.444. The summed E-state index contributed by atoms with van der Waals surface area (Å²) >= 11 is 0. The first kappa shape index (κ1) is 24.5. The number of aryl methyl sites for hydroxylation is 1. The number of piperidine rings is 1. The molecular formula is C27H30F3N3O3. The zero-order valence-electron chi connectivity index (χ0n) is 20.6. The average molecular weight is 502 g/mol. The Morgan fingerprint density at radius 3 is 2.69 bits per heavy atom. The number of nitrogens with zero attached hydrogens (tertiary/aromatic N) is 1. The summed E-state index contributed by atoms with van der Waals surface area (Å²) in [5.74, 6) is -4.14. The van der Waals surface area contributed by atoms with Crippen molar-refractivity contribution in [3.05, 3.63) is 58.5 Å². The Hall–Kier alpha value is -3.20. The topological polar surface area (TPSA) is 77.6 Å². The number of methoxy groups -OCH3 is 1. The summed E-state index contributed by atoms with van der Waals surface area (Å²) in [5, 5.41) is 13.3. The average Bonchev–Trinajstić information content (AvgIpc) is 3.30. The number of alkyl halides is 2. The second-order valence-electron chi connectivity index (χ2n) is 10.2. The maximum Gasteiger partial charge on any atom is 0.338 e. The van der Waals surface area contributed by atoms with Gasteiger partial charge in [0, 0.05) is 55.1 Å². The molecule has 36 heavy (non-hydrogen) atoms. The van der Waals surface area contributed by atoms with Crippen LogP contribution in [0.1, 0.15) is 58.8 Å². The molecule has 2 heterocycles. The molecule has 0 amide bonds. The zero-order chi connectivity index (χ0) is 25.8. The van der Waals surface area contributed by atoms with Crippen LogP contribution in [0.2, 0.25) is 0 Å². The number of carboxylic acids is 1. The van der Waals surface area contributed by atoms with Gasteiger partial charge in [-0.05, 0) is 61.1 Å². The van der Waals surface area contributed by atoms with Crippen LogP contribution in [-0.4, -0.2) is 47.6 Å². The Labute approximate surface area is 207 Å². The third-order valence-corrected chi connectivity index (χ3v) is 7.97. The maximum absolute atomic E-state index is 15.2. The van der Waals surface area contributed by atoms with Crippen LogP contribution in [0, 0.1) is 18.2 Å². The largest absolute Gasteiger partial charge is 0.496 e. The van der Waals surface area contributed by atoms with Crippen molar-refractivity contribution in [3.8, 4) is 5.75 Å². The van der Waals surface area contributed by atoms with Gasteiger partial charge >= 0.3 is 5.97 Å². The molecule has 0 unspecified atom stereocenters. The monoisotopic (exact) mass is 501 g/mol. The van der Waals surface area contributed by atoms with E-state index < -0.39 is 28.7 Å². The van der Waals surface area contributed by atoms with Crippen LogP contribution in [0.15, 0.2) is 30.5 Å². The molecule has 3 N–H and O–H groups in total. The predicted molar refractivity (Wildman–Crippen MR) is 131 cm³/mol. The summed E-state index contributed by atoms with van der Waals surface area (Å²) in [6, 6.07) is 6.47. The molecule has 0 radical (unpaired) electrons. The van der Waals surface area contributed by atoms with Gasteiger partial charge in [0.1, 0.15) is 5.75 Å². The number of halogens is 3. The van der Waals surface area contributed by atoms with E-state index in [9.17, 15) is 18.7 Å². The lowest BCUT2D eigenvalue weighted by molar-refractivity contribution is -0.186. The summed E-state index contributed by atoms with van der Waals surface area (Å²) in [6.45, 7) is 3.02. The molecule has 2 aliphatic rings. The van der Waals surface area contributed by atoms with Crippen LogP contribution < -0.4 is 10.1 Å². The quantitative estimate of drug-likeness (QED) is 0.380. The SMILES string of the molecule is CNc1c([C@H]2CC3(CCN2Cc2c(OC)cc(C)c4[nH]ccc24)CC(F)(F)C3)ccc(C(=O)O)c1F. The minimum atomic E-state index is -2.67. The summed E-state index contributed by atoms with van der Waals surface area (Å²) in [4.78, 5) is 17.0.